The number of nitrogens with zero attached hydrogens (tertiary/aromatic N) is 3. The van der Waals surface area contributed by atoms with E-state index in [-0.39, 0.29) is 25.3 Å². The van der Waals surface area contributed by atoms with Gasteiger partial charge in [-0.15, -0.1) is 4.91 Å². The van der Waals surface area contributed by atoms with E-state index in [0.717, 1.165) is 11.2 Å². The summed E-state index contributed by atoms with van der Waals surface area (Å²) in [4.78, 5) is 33.9. The molecule has 1 aromatic rings. The normalized spacial score (nSPS) is 20.3. The zero-order valence-corrected chi connectivity index (χ0v) is 13.9. The lowest BCUT2D eigenvalue weighted by atomic mass is 10.2. The van der Waals surface area contributed by atoms with Crippen LogP contribution in [0.1, 0.15) is 12.0 Å². The number of hydrogen-bond donors (Lipinski definition) is 0. The highest BCUT2D eigenvalue weighted by Gasteiger charge is 2.39. The van der Waals surface area contributed by atoms with Gasteiger partial charge < -0.3 is 4.74 Å². The molecule has 0 aromatic heterocycles. The van der Waals surface area contributed by atoms with E-state index in [0.29, 0.717) is 5.56 Å². The molecule has 1 aliphatic heterocycles. The van der Waals surface area contributed by atoms with Crippen molar-refractivity contribution in [1.82, 2.24) is 4.90 Å². The van der Waals surface area contributed by atoms with E-state index in [4.69, 9.17) is 8.92 Å². The van der Waals surface area contributed by atoms with E-state index in [9.17, 15) is 28.2 Å². The molecule has 0 bridgehead atoms. The van der Waals surface area contributed by atoms with Crippen LogP contribution in [0, 0.1) is 15.0 Å². The molecular formula is C13H15N3O8S. The molecule has 0 spiro atoms. The number of nitroso groups, excluding NO2 is 1. The average molecular weight is 373 g/mol. The second kappa shape index (κ2) is 7.53. The first-order valence-electron chi connectivity index (χ1n) is 7.07. The van der Waals surface area contributed by atoms with Crippen molar-refractivity contribution in [2.24, 2.45) is 5.18 Å². The van der Waals surface area contributed by atoms with Gasteiger partial charge in [0.25, 0.3) is 15.8 Å². The van der Waals surface area contributed by atoms with Crippen LogP contribution in [0.5, 0.6) is 0 Å². The third kappa shape index (κ3) is 5.19. The highest BCUT2D eigenvalue weighted by atomic mass is 32.2. The molecule has 0 N–H and O–H groups in total. The quantitative estimate of drug-likeness (QED) is 0.314. The maximum Gasteiger partial charge on any atom is 0.412 e. The minimum absolute atomic E-state index is 0.0524. The summed E-state index contributed by atoms with van der Waals surface area (Å²) in [6, 6.07) is 5.40. The minimum atomic E-state index is -3.73. The molecule has 0 radical (unpaired) electrons. The zero-order valence-electron chi connectivity index (χ0n) is 13.1. The van der Waals surface area contributed by atoms with Crippen molar-refractivity contribution in [3.8, 4) is 0 Å². The molecule has 1 saturated heterocycles. The number of carbonyl (C=O) groups excluding carboxylic acids is 1. The number of rotatable bonds is 6. The molecule has 25 heavy (non-hydrogen) atoms. The van der Waals surface area contributed by atoms with E-state index in [1.165, 1.54) is 24.3 Å². The molecule has 1 amide bonds. The van der Waals surface area contributed by atoms with Gasteiger partial charge in [-0.25, -0.2) is 4.79 Å². The summed E-state index contributed by atoms with van der Waals surface area (Å²) in [6.07, 6.45) is -2.00. The number of carbonyl (C=O) groups is 1. The third-order valence-corrected chi connectivity index (χ3v) is 4.03. The molecule has 1 aromatic carbocycles. The van der Waals surface area contributed by atoms with Gasteiger partial charge in [-0.1, -0.05) is 0 Å². The van der Waals surface area contributed by atoms with Crippen LogP contribution in [0.3, 0.4) is 0 Å². The monoisotopic (exact) mass is 373 g/mol. The Morgan fingerprint density at radius 3 is 2.56 bits per heavy atom. The molecule has 12 heteroatoms. The lowest BCUT2D eigenvalue weighted by Crippen LogP contribution is -2.35. The number of non-ortho nitro benzene ring substituents is 1. The van der Waals surface area contributed by atoms with Gasteiger partial charge in [0.05, 0.1) is 23.8 Å². The van der Waals surface area contributed by atoms with Crippen LogP contribution in [0.4, 0.5) is 10.5 Å². The van der Waals surface area contributed by atoms with Crippen molar-refractivity contribution in [3.63, 3.8) is 0 Å². The average Bonchev–Trinajstić information content (AvgIpc) is 2.94. The smallest absolute Gasteiger partial charge is 0.412 e. The van der Waals surface area contributed by atoms with Crippen molar-refractivity contribution in [2.75, 3.05) is 12.8 Å². The van der Waals surface area contributed by atoms with Crippen molar-refractivity contribution in [2.45, 2.75) is 25.3 Å². The number of benzene rings is 1. The van der Waals surface area contributed by atoms with Crippen molar-refractivity contribution in [3.05, 3.63) is 44.9 Å². The number of ether oxygens (including phenoxy) is 1. The van der Waals surface area contributed by atoms with Crippen molar-refractivity contribution < 1.29 is 27.1 Å². The molecule has 0 saturated carbocycles. The van der Waals surface area contributed by atoms with Crippen LogP contribution in [0.15, 0.2) is 29.4 Å². The molecule has 1 heterocycles. The van der Waals surface area contributed by atoms with Crippen LogP contribution >= 0.6 is 0 Å². The second-order valence-electron chi connectivity index (χ2n) is 5.37. The van der Waals surface area contributed by atoms with Gasteiger partial charge >= 0.3 is 6.09 Å². The van der Waals surface area contributed by atoms with E-state index in [2.05, 4.69) is 5.18 Å². The summed E-state index contributed by atoms with van der Waals surface area (Å²) in [5.74, 6) is 0. The van der Waals surface area contributed by atoms with Gasteiger partial charge in [0.1, 0.15) is 6.61 Å². The predicted octanol–water partition coefficient (Wildman–Crippen LogP) is 1.37. The van der Waals surface area contributed by atoms with Crippen LogP contribution in [-0.4, -0.2) is 49.4 Å². The SMILES string of the molecule is CS(=O)(=O)O[C@@H]1CC(N=O)N(C(=O)OCc2ccc([N+](=O)[O-])cc2)C1. The Kier molecular flexibility index (Phi) is 5.64. The largest absolute Gasteiger partial charge is 0.444 e. The topological polar surface area (TPSA) is 145 Å². The lowest BCUT2D eigenvalue weighted by molar-refractivity contribution is -0.384. The summed E-state index contributed by atoms with van der Waals surface area (Å²) >= 11 is 0. The molecule has 1 fully saturated rings. The maximum atomic E-state index is 12.1. The molecule has 2 rings (SSSR count). The Balaban J connectivity index is 1.95. The van der Waals surface area contributed by atoms with Gasteiger partial charge in [0.15, 0.2) is 6.17 Å². The Morgan fingerprint density at radius 2 is 2.04 bits per heavy atom. The first kappa shape index (κ1) is 18.7. The number of likely N-dealkylation sites (tertiary alicyclic amines) is 1. The third-order valence-electron chi connectivity index (χ3n) is 3.41. The van der Waals surface area contributed by atoms with E-state index < -0.39 is 33.4 Å². The molecule has 136 valence electrons. The molecule has 1 unspecified atom stereocenters. The van der Waals surface area contributed by atoms with Crippen molar-refractivity contribution in [1.29, 1.82) is 0 Å². The van der Waals surface area contributed by atoms with Gasteiger partial charge in [-0.2, -0.15) is 8.42 Å². The highest BCUT2D eigenvalue weighted by Crippen LogP contribution is 2.23. The van der Waals surface area contributed by atoms with Gasteiger partial charge in [-0.05, 0) is 22.9 Å². The molecular weight excluding hydrogens is 358 g/mol. The Bertz CT molecular complexity index is 764. The maximum absolute atomic E-state index is 12.1. The summed E-state index contributed by atoms with van der Waals surface area (Å²) in [5.41, 5.74) is 0.415. The van der Waals surface area contributed by atoms with E-state index in [1.807, 2.05) is 0 Å². The molecule has 1 aliphatic rings. The second-order valence-corrected chi connectivity index (χ2v) is 6.98. The Labute approximate surface area is 142 Å². The number of amides is 1. The first-order valence-corrected chi connectivity index (χ1v) is 8.88. The zero-order chi connectivity index (χ0) is 18.6. The molecule has 11 nitrogen and oxygen atoms in total. The van der Waals surface area contributed by atoms with Crippen LogP contribution < -0.4 is 0 Å². The Morgan fingerprint density at radius 1 is 1.40 bits per heavy atom. The first-order chi connectivity index (χ1) is 11.7. The number of nitro benzene ring substituents is 1. The van der Waals surface area contributed by atoms with Crippen molar-refractivity contribution >= 4 is 21.9 Å². The molecule has 2 atom stereocenters. The summed E-state index contributed by atoms with van der Waals surface area (Å²) in [7, 11) is -3.73. The van der Waals surface area contributed by atoms with Gasteiger partial charge in [0.2, 0.25) is 0 Å². The van der Waals surface area contributed by atoms with Crippen LogP contribution in [-0.2, 0) is 25.6 Å². The Hall–Kier alpha value is -2.60. The fourth-order valence-electron chi connectivity index (χ4n) is 2.33. The fraction of sp³-hybridized carbons (Fsp3) is 0.462. The lowest BCUT2D eigenvalue weighted by Gasteiger charge is -2.18. The fourth-order valence-corrected chi connectivity index (χ4v) is 2.97. The number of nitro groups is 1. The highest BCUT2D eigenvalue weighted by molar-refractivity contribution is 7.86. The predicted molar refractivity (Wildman–Crippen MR) is 83.9 cm³/mol. The van der Waals surface area contributed by atoms with E-state index >= 15 is 0 Å². The summed E-state index contributed by atoms with van der Waals surface area (Å²) in [6.45, 7) is -0.320. The number of hydrogen-bond acceptors (Lipinski definition) is 9. The van der Waals surface area contributed by atoms with Crippen LogP contribution in [0.25, 0.3) is 0 Å². The minimum Gasteiger partial charge on any atom is -0.444 e. The van der Waals surface area contributed by atoms with Gasteiger partial charge in [0, 0.05) is 18.6 Å². The summed E-state index contributed by atoms with van der Waals surface area (Å²) < 4.78 is 32.1. The standard InChI is InChI=1S/C13H15N3O8S/c1-25(21,22)24-11-6-12(14-18)15(7-11)13(17)23-8-9-2-4-10(5-3-9)16(19)20/h2-5,11-12H,6-8H2,1H3/t11-,12?/m1/s1. The van der Waals surface area contributed by atoms with Crippen LogP contribution in [0.2, 0.25) is 0 Å². The van der Waals surface area contributed by atoms with E-state index in [1.54, 1.807) is 0 Å². The summed E-state index contributed by atoms with van der Waals surface area (Å²) in [5, 5.41) is 13.4. The van der Waals surface area contributed by atoms with Gasteiger partial charge in [-0.3, -0.25) is 19.2 Å². The molecule has 0 aliphatic carbocycles.